The van der Waals surface area contributed by atoms with E-state index in [0.29, 0.717) is 11.4 Å². The molecule has 0 unspecified atom stereocenters. The number of nitrogens with one attached hydrogen (secondary N) is 2. The average Bonchev–Trinajstić information content (AvgIpc) is 2.82. The lowest BCUT2D eigenvalue weighted by atomic mass is 10.2. The van der Waals surface area contributed by atoms with E-state index in [9.17, 15) is 9.90 Å². The SMILES string of the molecule is C#CCNC(=O)c1ccc(N[C@@H]2CCC[C@@H]2O)nc1. The van der Waals surface area contributed by atoms with Crippen molar-refractivity contribution in [2.75, 3.05) is 11.9 Å². The van der Waals surface area contributed by atoms with Crippen LogP contribution in [-0.4, -0.2) is 34.7 Å². The summed E-state index contributed by atoms with van der Waals surface area (Å²) in [7, 11) is 0. The van der Waals surface area contributed by atoms with E-state index in [2.05, 4.69) is 21.5 Å². The van der Waals surface area contributed by atoms with Gasteiger partial charge in [0.2, 0.25) is 0 Å². The monoisotopic (exact) mass is 259 g/mol. The van der Waals surface area contributed by atoms with Crippen LogP contribution in [0.15, 0.2) is 18.3 Å². The Labute approximate surface area is 112 Å². The van der Waals surface area contributed by atoms with Crippen LogP contribution in [0.25, 0.3) is 0 Å². The van der Waals surface area contributed by atoms with Gasteiger partial charge in [0.05, 0.1) is 24.3 Å². The van der Waals surface area contributed by atoms with Crippen molar-refractivity contribution < 1.29 is 9.90 Å². The molecule has 1 aromatic heterocycles. The first-order valence-electron chi connectivity index (χ1n) is 6.33. The van der Waals surface area contributed by atoms with Crippen LogP contribution >= 0.6 is 0 Å². The molecule has 0 bridgehead atoms. The molecule has 1 saturated carbocycles. The molecule has 2 rings (SSSR count). The summed E-state index contributed by atoms with van der Waals surface area (Å²) in [6, 6.07) is 3.46. The highest BCUT2D eigenvalue weighted by Crippen LogP contribution is 2.22. The topological polar surface area (TPSA) is 74.2 Å². The average molecular weight is 259 g/mol. The van der Waals surface area contributed by atoms with Crippen molar-refractivity contribution in [1.82, 2.24) is 10.3 Å². The van der Waals surface area contributed by atoms with E-state index in [4.69, 9.17) is 6.42 Å². The highest BCUT2D eigenvalue weighted by atomic mass is 16.3. The molecule has 5 nitrogen and oxygen atoms in total. The number of nitrogens with zero attached hydrogens (tertiary/aromatic N) is 1. The number of carbonyl (C=O) groups excluding carboxylic acids is 1. The van der Waals surface area contributed by atoms with Crippen LogP contribution in [0.5, 0.6) is 0 Å². The van der Waals surface area contributed by atoms with Crippen LogP contribution in [0.4, 0.5) is 5.82 Å². The van der Waals surface area contributed by atoms with Crippen molar-refractivity contribution in [2.24, 2.45) is 0 Å². The number of rotatable bonds is 4. The summed E-state index contributed by atoms with van der Waals surface area (Å²) < 4.78 is 0. The van der Waals surface area contributed by atoms with Gasteiger partial charge in [0.25, 0.3) is 5.91 Å². The van der Waals surface area contributed by atoms with Gasteiger partial charge in [0.1, 0.15) is 5.82 Å². The zero-order chi connectivity index (χ0) is 13.7. The number of aliphatic hydroxyl groups is 1. The normalized spacial score (nSPS) is 21.7. The Bertz CT molecular complexity index is 478. The second kappa shape index (κ2) is 6.21. The van der Waals surface area contributed by atoms with E-state index in [1.54, 1.807) is 12.1 Å². The Balaban J connectivity index is 1.94. The minimum Gasteiger partial charge on any atom is -0.391 e. The van der Waals surface area contributed by atoms with Crippen molar-refractivity contribution in [3.05, 3.63) is 23.9 Å². The van der Waals surface area contributed by atoms with Gasteiger partial charge >= 0.3 is 0 Å². The number of hydrogen-bond donors (Lipinski definition) is 3. The van der Waals surface area contributed by atoms with Gasteiger partial charge in [0.15, 0.2) is 0 Å². The van der Waals surface area contributed by atoms with Crippen LogP contribution < -0.4 is 10.6 Å². The van der Waals surface area contributed by atoms with E-state index in [-0.39, 0.29) is 24.6 Å². The summed E-state index contributed by atoms with van der Waals surface area (Å²) in [6.45, 7) is 0.201. The zero-order valence-electron chi connectivity index (χ0n) is 10.6. The van der Waals surface area contributed by atoms with E-state index >= 15 is 0 Å². The molecule has 1 amide bonds. The Morgan fingerprint density at radius 2 is 2.37 bits per heavy atom. The van der Waals surface area contributed by atoms with Crippen molar-refractivity contribution in [1.29, 1.82) is 0 Å². The van der Waals surface area contributed by atoms with Crippen LogP contribution in [0.1, 0.15) is 29.6 Å². The van der Waals surface area contributed by atoms with E-state index in [1.165, 1.54) is 6.20 Å². The number of aromatic nitrogens is 1. The number of hydrogen-bond acceptors (Lipinski definition) is 4. The predicted octanol–water partition coefficient (Wildman–Crippen LogP) is 0.770. The standard InChI is InChI=1S/C14H17N3O2/c1-2-8-15-14(19)10-6-7-13(16-9-10)17-11-4-3-5-12(11)18/h1,6-7,9,11-12,18H,3-5,8H2,(H,15,19)(H,16,17)/t11-,12+/m1/s1. The van der Waals surface area contributed by atoms with Crippen molar-refractivity contribution in [3.8, 4) is 12.3 Å². The van der Waals surface area contributed by atoms with Gasteiger partial charge in [-0.25, -0.2) is 4.98 Å². The zero-order valence-corrected chi connectivity index (χ0v) is 10.6. The van der Waals surface area contributed by atoms with Gasteiger partial charge in [-0.2, -0.15) is 0 Å². The molecule has 0 radical (unpaired) electrons. The lowest BCUT2D eigenvalue weighted by Crippen LogP contribution is -2.28. The molecule has 0 saturated heterocycles. The molecule has 1 aliphatic rings. The maximum Gasteiger partial charge on any atom is 0.253 e. The molecule has 1 aliphatic carbocycles. The molecule has 0 spiro atoms. The number of terminal acetylenes is 1. The van der Waals surface area contributed by atoms with Gasteiger partial charge < -0.3 is 15.7 Å². The highest BCUT2D eigenvalue weighted by Gasteiger charge is 2.25. The third-order valence-corrected chi connectivity index (χ3v) is 3.19. The third kappa shape index (κ3) is 3.46. The summed E-state index contributed by atoms with van der Waals surface area (Å²) in [5, 5.41) is 15.5. The summed E-state index contributed by atoms with van der Waals surface area (Å²) in [6.07, 6.45) is 9.03. The Hall–Kier alpha value is -2.06. The van der Waals surface area contributed by atoms with Crippen LogP contribution in [0, 0.1) is 12.3 Å². The number of carbonyl (C=O) groups is 1. The Morgan fingerprint density at radius 1 is 1.53 bits per heavy atom. The van der Waals surface area contributed by atoms with Gasteiger partial charge in [-0.1, -0.05) is 5.92 Å². The Morgan fingerprint density at radius 3 is 2.95 bits per heavy atom. The Kier molecular flexibility index (Phi) is 4.37. The van der Waals surface area contributed by atoms with Crippen LogP contribution in [-0.2, 0) is 0 Å². The van der Waals surface area contributed by atoms with Gasteiger partial charge in [-0.15, -0.1) is 6.42 Å². The number of anilines is 1. The fourth-order valence-corrected chi connectivity index (χ4v) is 2.15. The molecule has 19 heavy (non-hydrogen) atoms. The molecule has 1 fully saturated rings. The summed E-state index contributed by atoms with van der Waals surface area (Å²) in [4.78, 5) is 15.8. The lowest BCUT2D eigenvalue weighted by Gasteiger charge is -2.16. The summed E-state index contributed by atoms with van der Waals surface area (Å²) in [5.41, 5.74) is 0.466. The quantitative estimate of drug-likeness (QED) is 0.698. The molecule has 2 atom stereocenters. The minimum atomic E-state index is -0.319. The minimum absolute atomic E-state index is 0.0496. The van der Waals surface area contributed by atoms with Gasteiger partial charge in [-0.05, 0) is 31.4 Å². The second-order valence-corrected chi connectivity index (χ2v) is 4.57. The fraction of sp³-hybridized carbons (Fsp3) is 0.429. The molecule has 5 heteroatoms. The third-order valence-electron chi connectivity index (χ3n) is 3.19. The number of pyridine rings is 1. The highest BCUT2D eigenvalue weighted by molar-refractivity contribution is 5.94. The first-order valence-corrected chi connectivity index (χ1v) is 6.33. The van der Waals surface area contributed by atoms with Gasteiger partial charge in [-0.3, -0.25) is 4.79 Å². The van der Waals surface area contributed by atoms with E-state index in [0.717, 1.165) is 19.3 Å². The van der Waals surface area contributed by atoms with E-state index in [1.807, 2.05) is 0 Å². The molecular weight excluding hydrogens is 242 g/mol. The molecule has 1 aromatic rings. The fourth-order valence-electron chi connectivity index (χ4n) is 2.15. The largest absolute Gasteiger partial charge is 0.391 e. The maximum absolute atomic E-state index is 11.6. The predicted molar refractivity (Wildman–Crippen MR) is 72.7 cm³/mol. The molecule has 0 aliphatic heterocycles. The smallest absolute Gasteiger partial charge is 0.253 e. The van der Waals surface area contributed by atoms with Crippen LogP contribution in [0.3, 0.4) is 0 Å². The van der Waals surface area contributed by atoms with Gasteiger partial charge in [0, 0.05) is 6.20 Å². The molecule has 0 aromatic carbocycles. The molecule has 100 valence electrons. The van der Waals surface area contributed by atoms with E-state index < -0.39 is 0 Å². The van der Waals surface area contributed by atoms with Crippen molar-refractivity contribution >= 4 is 11.7 Å². The number of aliphatic hydroxyl groups excluding tert-OH is 1. The molecular formula is C14H17N3O2. The first-order chi connectivity index (χ1) is 9.20. The summed E-state index contributed by atoms with van der Waals surface area (Å²) >= 11 is 0. The van der Waals surface area contributed by atoms with Crippen molar-refractivity contribution in [2.45, 2.75) is 31.4 Å². The maximum atomic E-state index is 11.6. The van der Waals surface area contributed by atoms with Crippen LogP contribution in [0.2, 0.25) is 0 Å². The van der Waals surface area contributed by atoms with Crippen molar-refractivity contribution in [3.63, 3.8) is 0 Å². The lowest BCUT2D eigenvalue weighted by molar-refractivity contribution is 0.0958. The number of amides is 1. The molecule has 3 N–H and O–H groups in total. The first kappa shape index (κ1) is 13.4. The second-order valence-electron chi connectivity index (χ2n) is 4.57. The molecule has 1 heterocycles. The summed E-state index contributed by atoms with van der Waals surface area (Å²) in [5.74, 6) is 2.77.